The third-order valence-electron chi connectivity index (χ3n) is 3.20. The van der Waals surface area contributed by atoms with Crippen molar-refractivity contribution in [3.63, 3.8) is 0 Å². The number of likely N-dealkylation sites (tertiary alicyclic amines) is 1. The zero-order valence-corrected chi connectivity index (χ0v) is 8.63. The van der Waals surface area contributed by atoms with Crippen LogP contribution < -0.4 is 0 Å². The number of aliphatic hydroxyl groups excluding tert-OH is 2. The molecule has 1 amide bonds. The van der Waals surface area contributed by atoms with Gasteiger partial charge in [0, 0.05) is 0 Å². The lowest BCUT2D eigenvalue weighted by Gasteiger charge is -2.28. The van der Waals surface area contributed by atoms with Crippen LogP contribution in [0.1, 0.15) is 32.1 Å². The van der Waals surface area contributed by atoms with E-state index in [4.69, 9.17) is 4.74 Å². The van der Waals surface area contributed by atoms with E-state index < -0.39 is 18.5 Å². The second-order valence-corrected chi connectivity index (χ2v) is 4.32. The van der Waals surface area contributed by atoms with Crippen LogP contribution in [0.15, 0.2) is 0 Å². The lowest BCUT2D eigenvalue weighted by atomic mass is 9.86. The number of ether oxygens (including phenoxy) is 1. The number of carbonyl (C=O) groups is 1. The van der Waals surface area contributed by atoms with Crippen LogP contribution in [0.2, 0.25) is 0 Å². The Morgan fingerprint density at radius 3 is 2.27 bits per heavy atom. The maximum Gasteiger partial charge on any atom is 0.413 e. The molecular formula is C10H17NO4. The average molecular weight is 215 g/mol. The van der Waals surface area contributed by atoms with Gasteiger partial charge in [-0.05, 0) is 31.6 Å². The van der Waals surface area contributed by atoms with Gasteiger partial charge in [-0.3, -0.25) is 4.90 Å². The van der Waals surface area contributed by atoms with Crippen LogP contribution in [0, 0.1) is 5.92 Å². The van der Waals surface area contributed by atoms with Gasteiger partial charge in [0.1, 0.15) is 12.5 Å². The highest BCUT2D eigenvalue weighted by Gasteiger charge is 2.36. The van der Waals surface area contributed by atoms with Crippen molar-refractivity contribution in [2.75, 3.05) is 6.61 Å². The van der Waals surface area contributed by atoms with E-state index in [1.165, 1.54) is 6.42 Å². The minimum atomic E-state index is -0.895. The van der Waals surface area contributed by atoms with Crippen molar-refractivity contribution in [3.05, 3.63) is 0 Å². The van der Waals surface area contributed by atoms with Crippen molar-refractivity contribution in [3.8, 4) is 0 Å². The monoisotopic (exact) mass is 215 g/mol. The first-order chi connectivity index (χ1) is 7.18. The van der Waals surface area contributed by atoms with Gasteiger partial charge >= 0.3 is 6.09 Å². The molecule has 2 fully saturated rings. The molecular weight excluding hydrogens is 198 g/mol. The van der Waals surface area contributed by atoms with Crippen LogP contribution in [-0.2, 0) is 4.74 Å². The Hall–Kier alpha value is -0.810. The lowest BCUT2D eigenvalue weighted by molar-refractivity contribution is -0.0496. The minimum absolute atomic E-state index is 0.411. The maximum atomic E-state index is 11.5. The molecule has 0 bridgehead atoms. The van der Waals surface area contributed by atoms with E-state index in [-0.39, 0.29) is 0 Å². The van der Waals surface area contributed by atoms with Crippen LogP contribution in [0.3, 0.4) is 0 Å². The molecule has 1 saturated heterocycles. The second kappa shape index (κ2) is 4.37. The number of nitrogens with zero attached hydrogens (tertiary/aromatic N) is 1. The van der Waals surface area contributed by atoms with Gasteiger partial charge < -0.3 is 14.9 Å². The molecule has 0 aromatic carbocycles. The molecule has 1 aliphatic heterocycles. The molecule has 15 heavy (non-hydrogen) atoms. The van der Waals surface area contributed by atoms with E-state index in [1.54, 1.807) is 0 Å². The smallest absolute Gasteiger partial charge is 0.413 e. The number of rotatable bonds is 2. The van der Waals surface area contributed by atoms with Crippen LogP contribution in [0.4, 0.5) is 4.79 Å². The Morgan fingerprint density at radius 1 is 1.20 bits per heavy atom. The highest BCUT2D eigenvalue weighted by molar-refractivity contribution is 5.68. The molecule has 5 nitrogen and oxygen atoms in total. The molecule has 1 heterocycles. The average Bonchev–Trinajstić information content (AvgIpc) is 2.43. The fourth-order valence-electron chi connectivity index (χ4n) is 1.94. The number of aliphatic hydroxyl groups is 2. The van der Waals surface area contributed by atoms with Crippen molar-refractivity contribution in [1.82, 2.24) is 4.90 Å². The van der Waals surface area contributed by atoms with E-state index in [0.717, 1.165) is 17.7 Å². The zero-order valence-electron chi connectivity index (χ0n) is 8.63. The minimum Gasteiger partial charge on any atom is -0.449 e. The molecule has 2 unspecified atom stereocenters. The molecule has 0 aromatic rings. The van der Waals surface area contributed by atoms with Crippen LogP contribution in [-0.4, -0.2) is 40.3 Å². The quantitative estimate of drug-likeness (QED) is 0.709. The van der Waals surface area contributed by atoms with Crippen LogP contribution >= 0.6 is 0 Å². The summed E-state index contributed by atoms with van der Waals surface area (Å²) in [4.78, 5) is 12.5. The van der Waals surface area contributed by atoms with Gasteiger partial charge in [0.05, 0.1) is 6.61 Å². The predicted molar refractivity (Wildman–Crippen MR) is 51.8 cm³/mol. The molecule has 0 radical (unpaired) electrons. The summed E-state index contributed by atoms with van der Waals surface area (Å²) in [5.41, 5.74) is 0. The Morgan fingerprint density at radius 2 is 1.80 bits per heavy atom. The van der Waals surface area contributed by atoms with E-state index in [9.17, 15) is 15.0 Å². The fraction of sp³-hybridized carbons (Fsp3) is 0.900. The highest BCUT2D eigenvalue weighted by Crippen LogP contribution is 2.27. The highest BCUT2D eigenvalue weighted by atomic mass is 16.6. The first-order valence-electron chi connectivity index (χ1n) is 5.49. The molecule has 2 aliphatic rings. The third-order valence-corrected chi connectivity index (χ3v) is 3.20. The Bertz CT molecular complexity index is 232. The third kappa shape index (κ3) is 2.23. The lowest BCUT2D eigenvalue weighted by Crippen LogP contribution is -2.42. The first kappa shape index (κ1) is 10.7. The van der Waals surface area contributed by atoms with E-state index in [0.29, 0.717) is 25.4 Å². The molecule has 2 N–H and O–H groups in total. The summed E-state index contributed by atoms with van der Waals surface area (Å²) >= 11 is 0. The van der Waals surface area contributed by atoms with Gasteiger partial charge in [0.2, 0.25) is 0 Å². The van der Waals surface area contributed by atoms with Crippen molar-refractivity contribution in [2.45, 2.75) is 44.6 Å². The Labute approximate surface area is 88.6 Å². The molecule has 2 atom stereocenters. The van der Waals surface area contributed by atoms with E-state index >= 15 is 0 Å². The summed E-state index contributed by atoms with van der Waals surface area (Å²) in [6, 6.07) is 0. The summed E-state index contributed by atoms with van der Waals surface area (Å²) in [7, 11) is 0. The Kier molecular flexibility index (Phi) is 3.11. The van der Waals surface area contributed by atoms with Crippen molar-refractivity contribution in [2.24, 2.45) is 5.92 Å². The summed E-state index contributed by atoms with van der Waals surface area (Å²) in [6.45, 7) is 0.411. The van der Waals surface area contributed by atoms with Crippen LogP contribution in [0.25, 0.3) is 0 Å². The molecule has 0 spiro atoms. The van der Waals surface area contributed by atoms with E-state index in [1.807, 2.05) is 0 Å². The van der Waals surface area contributed by atoms with Gasteiger partial charge in [-0.1, -0.05) is 6.42 Å². The summed E-state index contributed by atoms with van der Waals surface area (Å²) in [5.74, 6) is 0.478. The van der Waals surface area contributed by atoms with Crippen molar-refractivity contribution < 1.29 is 19.7 Å². The molecule has 1 saturated carbocycles. The zero-order chi connectivity index (χ0) is 10.8. The van der Waals surface area contributed by atoms with Gasteiger partial charge in [-0.2, -0.15) is 0 Å². The second-order valence-electron chi connectivity index (χ2n) is 4.32. The van der Waals surface area contributed by atoms with Crippen LogP contribution in [0.5, 0.6) is 0 Å². The number of carbonyl (C=O) groups excluding carboxylic acids is 1. The van der Waals surface area contributed by atoms with Gasteiger partial charge in [-0.15, -0.1) is 0 Å². The van der Waals surface area contributed by atoms with Gasteiger partial charge in [-0.25, -0.2) is 4.79 Å². The topological polar surface area (TPSA) is 70.0 Å². The normalized spacial score (nSPS) is 31.5. The summed E-state index contributed by atoms with van der Waals surface area (Å²) in [5, 5.41) is 18.9. The number of hydrogen-bond donors (Lipinski definition) is 2. The molecule has 2 rings (SSSR count). The SMILES string of the molecule is O=C(OCC1CCC1)N1C(O)CCC1O. The maximum absolute atomic E-state index is 11.5. The molecule has 1 aliphatic carbocycles. The molecule has 86 valence electrons. The fourth-order valence-corrected chi connectivity index (χ4v) is 1.94. The first-order valence-corrected chi connectivity index (χ1v) is 5.49. The Balaban J connectivity index is 1.78. The number of hydrogen-bond acceptors (Lipinski definition) is 4. The summed E-state index contributed by atoms with van der Waals surface area (Å²) < 4.78 is 5.04. The van der Waals surface area contributed by atoms with Crippen molar-refractivity contribution >= 4 is 6.09 Å². The molecule has 5 heteroatoms. The largest absolute Gasteiger partial charge is 0.449 e. The molecule has 0 aromatic heterocycles. The van der Waals surface area contributed by atoms with Gasteiger partial charge in [0.15, 0.2) is 0 Å². The van der Waals surface area contributed by atoms with E-state index in [2.05, 4.69) is 0 Å². The predicted octanol–water partition coefficient (Wildman–Crippen LogP) is 0.656. The standard InChI is InChI=1S/C10H17NO4/c12-8-4-5-9(13)11(8)10(14)15-6-7-2-1-3-7/h7-9,12-13H,1-6H2. The van der Waals surface area contributed by atoms with Gasteiger partial charge in [0.25, 0.3) is 0 Å². The number of amides is 1. The summed E-state index contributed by atoms with van der Waals surface area (Å²) in [6.07, 6.45) is 1.87. The van der Waals surface area contributed by atoms with Crippen molar-refractivity contribution in [1.29, 1.82) is 0 Å².